The molecule has 0 spiro atoms. The fraction of sp³-hybridized carbons (Fsp3) is 0.261. The lowest BCUT2D eigenvalue weighted by Gasteiger charge is -2.19. The molecule has 1 N–H and O–H groups in total. The molecular formula is C23H24N2O3. The van der Waals surface area contributed by atoms with Crippen molar-refractivity contribution in [2.24, 2.45) is 11.0 Å². The van der Waals surface area contributed by atoms with Gasteiger partial charge < -0.3 is 4.74 Å². The predicted molar refractivity (Wildman–Crippen MR) is 110 cm³/mol. The van der Waals surface area contributed by atoms with E-state index in [1.807, 2.05) is 30.3 Å². The first-order valence-electron chi connectivity index (χ1n) is 9.58. The van der Waals surface area contributed by atoms with Gasteiger partial charge in [-0.1, -0.05) is 49.6 Å². The third-order valence-corrected chi connectivity index (χ3v) is 4.67. The molecule has 1 amide bonds. The van der Waals surface area contributed by atoms with Crippen LogP contribution in [0, 0.1) is 5.92 Å². The van der Waals surface area contributed by atoms with Crippen LogP contribution in [0.15, 0.2) is 65.8 Å². The molecule has 2 aromatic rings. The molecule has 0 radical (unpaired) electrons. The largest absolute Gasteiger partial charge is 0.423 e. The number of hydrogen-bond donors (Lipinski definition) is 1. The second-order valence-electron chi connectivity index (χ2n) is 6.80. The molecule has 5 nitrogen and oxygen atoms in total. The summed E-state index contributed by atoms with van der Waals surface area (Å²) in [5, 5.41) is 4.03. The molecule has 2 aromatic carbocycles. The second-order valence-corrected chi connectivity index (χ2v) is 6.80. The molecule has 0 heterocycles. The van der Waals surface area contributed by atoms with Crippen molar-refractivity contribution in [3.8, 4) is 5.75 Å². The zero-order chi connectivity index (χ0) is 19.6. The number of hydrogen-bond acceptors (Lipinski definition) is 4. The summed E-state index contributed by atoms with van der Waals surface area (Å²) >= 11 is 0. The van der Waals surface area contributed by atoms with Crippen LogP contribution in [-0.2, 0) is 9.59 Å². The molecule has 0 unspecified atom stereocenters. The fourth-order valence-corrected chi connectivity index (χ4v) is 3.13. The van der Waals surface area contributed by atoms with E-state index in [-0.39, 0.29) is 11.8 Å². The van der Waals surface area contributed by atoms with Crippen molar-refractivity contribution in [1.82, 2.24) is 5.43 Å². The van der Waals surface area contributed by atoms with Gasteiger partial charge in [-0.2, -0.15) is 5.10 Å². The predicted octanol–water partition coefficient (Wildman–Crippen LogP) is 4.34. The van der Waals surface area contributed by atoms with Gasteiger partial charge in [-0.3, -0.25) is 4.79 Å². The lowest BCUT2D eigenvalue weighted by molar-refractivity contribution is -0.129. The van der Waals surface area contributed by atoms with Crippen LogP contribution in [0.5, 0.6) is 5.75 Å². The number of amides is 1. The summed E-state index contributed by atoms with van der Waals surface area (Å²) in [7, 11) is 0. The summed E-state index contributed by atoms with van der Waals surface area (Å²) in [5.74, 6) is 0.0828. The number of nitrogens with zero attached hydrogens (tertiary/aromatic N) is 1. The number of rotatable bonds is 6. The van der Waals surface area contributed by atoms with E-state index in [4.69, 9.17) is 4.74 Å². The van der Waals surface area contributed by atoms with Crippen LogP contribution in [0.1, 0.15) is 43.2 Å². The summed E-state index contributed by atoms with van der Waals surface area (Å²) in [6, 6.07) is 16.5. The summed E-state index contributed by atoms with van der Waals surface area (Å²) in [4.78, 5) is 23.9. The Bertz CT molecular complexity index is 836. The molecule has 5 heteroatoms. The van der Waals surface area contributed by atoms with Gasteiger partial charge in [0.2, 0.25) is 5.91 Å². The van der Waals surface area contributed by atoms with Crippen LogP contribution >= 0.6 is 0 Å². The van der Waals surface area contributed by atoms with Gasteiger partial charge in [0.1, 0.15) is 5.75 Å². The first-order chi connectivity index (χ1) is 13.7. The van der Waals surface area contributed by atoms with Crippen LogP contribution in [0.2, 0.25) is 0 Å². The molecule has 0 saturated heterocycles. The highest BCUT2D eigenvalue weighted by Gasteiger charge is 2.20. The summed E-state index contributed by atoms with van der Waals surface area (Å²) in [5.41, 5.74) is 4.36. The first-order valence-corrected chi connectivity index (χ1v) is 9.58. The number of carbonyl (C=O) groups excluding carboxylic acids is 2. The maximum Gasteiger partial charge on any atom is 0.336 e. The molecule has 28 heavy (non-hydrogen) atoms. The fourth-order valence-electron chi connectivity index (χ4n) is 3.13. The molecule has 1 aliphatic rings. The highest BCUT2D eigenvalue weighted by molar-refractivity contribution is 5.89. The quantitative estimate of drug-likeness (QED) is 0.268. The topological polar surface area (TPSA) is 67.8 Å². The number of hydrazone groups is 1. The van der Waals surface area contributed by atoms with E-state index in [0.29, 0.717) is 5.75 Å². The van der Waals surface area contributed by atoms with Crippen molar-refractivity contribution in [2.75, 3.05) is 0 Å². The molecule has 1 aliphatic carbocycles. The normalized spacial score (nSPS) is 15.0. The van der Waals surface area contributed by atoms with Crippen molar-refractivity contribution < 1.29 is 14.3 Å². The van der Waals surface area contributed by atoms with Gasteiger partial charge >= 0.3 is 5.97 Å². The Morgan fingerprint density at radius 2 is 1.64 bits per heavy atom. The Balaban J connectivity index is 1.47. The zero-order valence-corrected chi connectivity index (χ0v) is 15.7. The summed E-state index contributed by atoms with van der Waals surface area (Å²) < 4.78 is 5.27. The smallest absolute Gasteiger partial charge is 0.336 e. The minimum absolute atomic E-state index is 0.00768. The Labute approximate surface area is 165 Å². The van der Waals surface area contributed by atoms with E-state index in [1.54, 1.807) is 36.6 Å². The average Bonchev–Trinajstić information content (AvgIpc) is 2.75. The van der Waals surface area contributed by atoms with E-state index in [0.717, 1.165) is 36.8 Å². The molecular weight excluding hydrogens is 352 g/mol. The zero-order valence-electron chi connectivity index (χ0n) is 15.7. The molecule has 1 fully saturated rings. The van der Waals surface area contributed by atoms with Crippen LogP contribution < -0.4 is 10.2 Å². The van der Waals surface area contributed by atoms with Crippen molar-refractivity contribution in [2.45, 2.75) is 32.1 Å². The van der Waals surface area contributed by atoms with Crippen molar-refractivity contribution in [3.63, 3.8) is 0 Å². The number of carbonyl (C=O) groups is 2. The Morgan fingerprint density at radius 3 is 2.36 bits per heavy atom. The molecule has 0 aliphatic heterocycles. The molecule has 1 saturated carbocycles. The van der Waals surface area contributed by atoms with E-state index in [1.165, 1.54) is 12.5 Å². The molecule has 0 bridgehead atoms. The lowest BCUT2D eigenvalue weighted by atomic mass is 9.89. The van der Waals surface area contributed by atoms with Crippen LogP contribution in [0.4, 0.5) is 0 Å². The highest BCUT2D eigenvalue weighted by atomic mass is 16.5. The average molecular weight is 376 g/mol. The Hall–Kier alpha value is -3.21. The summed E-state index contributed by atoms with van der Waals surface area (Å²) in [6.45, 7) is 0. The molecule has 144 valence electrons. The monoisotopic (exact) mass is 376 g/mol. The maximum atomic E-state index is 12.0. The van der Waals surface area contributed by atoms with Crippen molar-refractivity contribution in [1.29, 1.82) is 0 Å². The highest BCUT2D eigenvalue weighted by Crippen LogP contribution is 2.23. The third-order valence-electron chi connectivity index (χ3n) is 4.67. The van der Waals surface area contributed by atoms with Gasteiger partial charge in [0.15, 0.2) is 0 Å². The Kier molecular flexibility index (Phi) is 7.13. The summed E-state index contributed by atoms with van der Waals surface area (Å²) in [6.07, 6.45) is 10.0. The minimum atomic E-state index is -0.440. The lowest BCUT2D eigenvalue weighted by Crippen LogP contribution is -2.28. The van der Waals surface area contributed by atoms with Gasteiger partial charge in [0.25, 0.3) is 0 Å². The van der Waals surface area contributed by atoms with Gasteiger partial charge in [-0.25, -0.2) is 10.2 Å². The number of nitrogens with one attached hydrogen (secondary N) is 1. The van der Waals surface area contributed by atoms with Crippen LogP contribution in [0.25, 0.3) is 6.08 Å². The number of benzene rings is 2. The minimum Gasteiger partial charge on any atom is -0.423 e. The standard InChI is InChI=1S/C23H24N2O3/c26-22(16-13-18-7-3-1-4-8-18)28-21-14-11-19(12-15-21)17-24-25-23(27)20-9-5-2-6-10-20/h1,3-4,7-8,11-17,20H,2,5-6,9-10H2,(H,25,27)/b16-13+,24-17-. The molecule has 0 aromatic heterocycles. The maximum absolute atomic E-state index is 12.0. The van der Waals surface area contributed by atoms with E-state index < -0.39 is 5.97 Å². The van der Waals surface area contributed by atoms with Crippen LogP contribution in [0.3, 0.4) is 0 Å². The third kappa shape index (κ3) is 6.20. The van der Waals surface area contributed by atoms with Gasteiger partial charge in [0, 0.05) is 12.0 Å². The second kappa shape index (κ2) is 10.2. The SMILES string of the molecule is O=C(/C=C/c1ccccc1)Oc1ccc(/C=N\NC(=O)C2CCCCC2)cc1. The number of esters is 1. The van der Waals surface area contributed by atoms with Crippen LogP contribution in [-0.4, -0.2) is 18.1 Å². The van der Waals surface area contributed by atoms with Crippen molar-refractivity contribution >= 4 is 24.2 Å². The van der Waals surface area contributed by atoms with Crippen molar-refractivity contribution in [3.05, 3.63) is 71.8 Å². The van der Waals surface area contributed by atoms with Gasteiger partial charge in [0.05, 0.1) is 6.21 Å². The molecule has 3 rings (SSSR count). The van der Waals surface area contributed by atoms with E-state index >= 15 is 0 Å². The first kappa shape index (κ1) is 19.5. The Morgan fingerprint density at radius 1 is 0.929 bits per heavy atom. The van der Waals surface area contributed by atoms with Gasteiger partial charge in [-0.05, 0) is 54.3 Å². The molecule has 0 atom stereocenters. The van der Waals surface area contributed by atoms with E-state index in [2.05, 4.69) is 10.5 Å². The number of ether oxygens (including phenoxy) is 1. The van der Waals surface area contributed by atoms with Gasteiger partial charge in [-0.15, -0.1) is 0 Å². The van der Waals surface area contributed by atoms with E-state index in [9.17, 15) is 9.59 Å².